The number of ether oxygens (including phenoxy) is 1. The molecule has 0 aliphatic rings. The van der Waals surface area contributed by atoms with Crippen molar-refractivity contribution in [2.75, 3.05) is 13.7 Å². The summed E-state index contributed by atoms with van der Waals surface area (Å²) in [5.41, 5.74) is 4.05. The van der Waals surface area contributed by atoms with Crippen molar-refractivity contribution in [2.45, 2.75) is 27.3 Å². The van der Waals surface area contributed by atoms with Gasteiger partial charge in [0.2, 0.25) is 5.78 Å². The number of hydrogen-bond acceptors (Lipinski definition) is 4. The lowest BCUT2D eigenvalue weighted by molar-refractivity contribution is 0.184. The van der Waals surface area contributed by atoms with E-state index in [-0.39, 0.29) is 18.7 Å². The first-order valence-electron chi connectivity index (χ1n) is 9.12. The average Bonchev–Trinajstić information content (AvgIpc) is 3.17. The van der Waals surface area contributed by atoms with Crippen LogP contribution in [0.1, 0.15) is 17.0 Å². The van der Waals surface area contributed by atoms with E-state index in [1.54, 1.807) is 14.2 Å². The molecule has 0 fully saturated rings. The molecule has 4 aromatic rings. The zero-order valence-electron chi connectivity index (χ0n) is 16.7. The zero-order valence-corrected chi connectivity index (χ0v) is 16.7. The number of rotatable bonds is 4. The molecule has 8 nitrogen and oxygen atoms in total. The molecule has 0 atom stereocenters. The second-order valence-corrected chi connectivity index (χ2v) is 7.05. The number of imidazole rings is 2. The molecule has 0 aliphatic carbocycles. The van der Waals surface area contributed by atoms with Crippen molar-refractivity contribution in [3.8, 4) is 5.69 Å². The van der Waals surface area contributed by atoms with E-state index in [9.17, 15) is 9.59 Å². The molecule has 0 radical (unpaired) electrons. The minimum absolute atomic E-state index is 0.196. The van der Waals surface area contributed by atoms with Crippen molar-refractivity contribution in [2.24, 2.45) is 7.05 Å². The summed E-state index contributed by atoms with van der Waals surface area (Å²) in [7, 11) is 3.18. The van der Waals surface area contributed by atoms with Crippen LogP contribution < -0.4 is 11.2 Å². The Morgan fingerprint density at radius 1 is 1.04 bits per heavy atom. The van der Waals surface area contributed by atoms with E-state index in [0.29, 0.717) is 16.9 Å². The molecule has 3 heterocycles. The van der Waals surface area contributed by atoms with Crippen LogP contribution >= 0.6 is 0 Å². The molecular formula is C20H23N5O3. The van der Waals surface area contributed by atoms with E-state index in [1.165, 1.54) is 14.7 Å². The van der Waals surface area contributed by atoms with Crippen molar-refractivity contribution in [3.63, 3.8) is 0 Å². The third kappa shape index (κ3) is 2.45. The summed E-state index contributed by atoms with van der Waals surface area (Å²) in [4.78, 5) is 30.5. The van der Waals surface area contributed by atoms with Crippen molar-refractivity contribution in [1.82, 2.24) is 23.1 Å². The fourth-order valence-electron chi connectivity index (χ4n) is 3.63. The first-order chi connectivity index (χ1) is 13.4. The lowest BCUT2D eigenvalue weighted by Crippen LogP contribution is -2.40. The molecule has 0 amide bonds. The van der Waals surface area contributed by atoms with Crippen LogP contribution in [0.15, 0.2) is 33.9 Å². The highest BCUT2D eigenvalue weighted by Crippen LogP contribution is 2.24. The molecule has 1 aromatic carbocycles. The molecule has 3 aromatic heterocycles. The van der Waals surface area contributed by atoms with Gasteiger partial charge in [-0.25, -0.2) is 4.79 Å². The molecule has 8 heteroatoms. The van der Waals surface area contributed by atoms with Gasteiger partial charge in [-0.3, -0.25) is 22.9 Å². The first kappa shape index (κ1) is 18.2. The standard InChI is InChI=1S/C20H23N5O3/c1-12-6-8-15(9-7-12)24-13(2)14(3)25-16-17(21-19(24)25)22(4)20(27)23(18(16)26)10-11-28-5/h6-9H,10-11H2,1-5H3. The van der Waals surface area contributed by atoms with E-state index in [2.05, 4.69) is 4.98 Å². The maximum Gasteiger partial charge on any atom is 0.332 e. The fraction of sp³-hybridized carbons (Fsp3) is 0.350. The fourth-order valence-corrected chi connectivity index (χ4v) is 3.63. The second-order valence-electron chi connectivity index (χ2n) is 7.05. The molecule has 0 unspecified atom stereocenters. The van der Waals surface area contributed by atoms with Crippen molar-refractivity contribution in [3.05, 3.63) is 62.1 Å². The van der Waals surface area contributed by atoms with Crippen LogP contribution in [0.5, 0.6) is 0 Å². The number of aromatic nitrogens is 5. The second kappa shape index (κ2) is 6.49. The smallest absolute Gasteiger partial charge is 0.332 e. The Balaban J connectivity index is 2.13. The van der Waals surface area contributed by atoms with Crippen LogP contribution in [0.3, 0.4) is 0 Å². The van der Waals surface area contributed by atoms with Gasteiger partial charge in [-0.05, 0) is 32.9 Å². The summed E-state index contributed by atoms with van der Waals surface area (Å²) < 4.78 is 11.5. The quantitative estimate of drug-likeness (QED) is 0.539. The number of fused-ring (bicyclic) bond motifs is 3. The summed E-state index contributed by atoms with van der Waals surface area (Å²) in [6.45, 7) is 6.47. The molecule has 146 valence electrons. The number of nitrogens with zero attached hydrogens (tertiary/aromatic N) is 5. The summed E-state index contributed by atoms with van der Waals surface area (Å²) in [5.74, 6) is 0.616. The summed E-state index contributed by atoms with van der Waals surface area (Å²) in [6, 6.07) is 8.13. The van der Waals surface area contributed by atoms with Crippen molar-refractivity contribution < 1.29 is 4.74 Å². The van der Waals surface area contributed by atoms with Crippen LogP contribution in [-0.4, -0.2) is 36.8 Å². The minimum atomic E-state index is -0.397. The van der Waals surface area contributed by atoms with E-state index in [0.717, 1.165) is 17.1 Å². The van der Waals surface area contributed by atoms with Gasteiger partial charge in [0.15, 0.2) is 11.2 Å². The lowest BCUT2D eigenvalue weighted by Gasteiger charge is -2.08. The molecule has 0 N–H and O–H groups in total. The van der Waals surface area contributed by atoms with Gasteiger partial charge in [0, 0.05) is 31.2 Å². The largest absolute Gasteiger partial charge is 0.383 e. The maximum atomic E-state index is 13.2. The molecule has 0 spiro atoms. The Kier molecular flexibility index (Phi) is 4.23. The van der Waals surface area contributed by atoms with E-state index >= 15 is 0 Å². The Morgan fingerprint density at radius 3 is 2.36 bits per heavy atom. The monoisotopic (exact) mass is 381 g/mol. The maximum absolute atomic E-state index is 13.2. The summed E-state index contributed by atoms with van der Waals surface area (Å²) in [6.07, 6.45) is 0. The Bertz CT molecular complexity index is 1320. The minimum Gasteiger partial charge on any atom is -0.383 e. The van der Waals surface area contributed by atoms with Crippen LogP contribution in [-0.2, 0) is 18.3 Å². The number of aryl methyl sites for hydroxylation is 3. The van der Waals surface area contributed by atoms with Crippen LogP contribution in [0.2, 0.25) is 0 Å². The number of benzene rings is 1. The third-order valence-electron chi connectivity index (χ3n) is 5.33. The normalized spacial score (nSPS) is 11.8. The molecule has 0 saturated heterocycles. The van der Waals surface area contributed by atoms with Gasteiger partial charge in [0.05, 0.1) is 13.2 Å². The molecule has 28 heavy (non-hydrogen) atoms. The Hall–Kier alpha value is -3.13. The Labute approximate surface area is 161 Å². The summed E-state index contributed by atoms with van der Waals surface area (Å²) >= 11 is 0. The van der Waals surface area contributed by atoms with Gasteiger partial charge in [0.1, 0.15) is 0 Å². The number of methoxy groups -OCH3 is 1. The van der Waals surface area contributed by atoms with Gasteiger partial charge in [-0.1, -0.05) is 17.7 Å². The average molecular weight is 381 g/mol. The first-order valence-corrected chi connectivity index (χ1v) is 9.12. The lowest BCUT2D eigenvalue weighted by atomic mass is 10.2. The van der Waals surface area contributed by atoms with Gasteiger partial charge in [-0.15, -0.1) is 0 Å². The van der Waals surface area contributed by atoms with Crippen LogP contribution in [0.4, 0.5) is 0 Å². The highest BCUT2D eigenvalue weighted by Gasteiger charge is 2.23. The van der Waals surface area contributed by atoms with Crippen molar-refractivity contribution in [1.29, 1.82) is 0 Å². The topological polar surface area (TPSA) is 75.5 Å². The summed E-state index contributed by atoms with van der Waals surface area (Å²) in [5, 5.41) is 0. The van der Waals surface area contributed by atoms with Crippen LogP contribution in [0, 0.1) is 20.8 Å². The predicted octanol–water partition coefficient (Wildman–Crippen LogP) is 1.71. The van der Waals surface area contributed by atoms with Crippen LogP contribution in [0.25, 0.3) is 22.6 Å². The predicted molar refractivity (Wildman–Crippen MR) is 108 cm³/mol. The third-order valence-corrected chi connectivity index (χ3v) is 5.33. The molecule has 0 saturated carbocycles. The molecular weight excluding hydrogens is 358 g/mol. The van der Waals surface area contributed by atoms with E-state index in [1.807, 2.05) is 54.0 Å². The molecule has 0 aliphatic heterocycles. The number of hydrogen-bond donors (Lipinski definition) is 0. The highest BCUT2D eigenvalue weighted by atomic mass is 16.5. The van der Waals surface area contributed by atoms with Crippen molar-refractivity contribution >= 4 is 16.9 Å². The zero-order chi connectivity index (χ0) is 20.2. The molecule has 0 bridgehead atoms. The highest BCUT2D eigenvalue weighted by molar-refractivity contribution is 5.77. The van der Waals surface area contributed by atoms with E-state index in [4.69, 9.17) is 4.74 Å². The van der Waals surface area contributed by atoms with Gasteiger partial charge >= 0.3 is 5.69 Å². The van der Waals surface area contributed by atoms with E-state index < -0.39 is 5.69 Å². The van der Waals surface area contributed by atoms with Gasteiger partial charge in [0.25, 0.3) is 5.56 Å². The van der Waals surface area contributed by atoms with Gasteiger partial charge in [-0.2, -0.15) is 4.98 Å². The Morgan fingerprint density at radius 2 is 1.71 bits per heavy atom. The molecule has 4 rings (SSSR count). The SMILES string of the molecule is COCCn1c(=O)c2c(nc3n(-c4ccc(C)cc4)c(C)c(C)n23)n(C)c1=O. The van der Waals surface area contributed by atoms with Gasteiger partial charge < -0.3 is 4.74 Å².